The molecule has 1 aromatic heterocycles. The third-order valence-corrected chi connectivity index (χ3v) is 4.86. The average Bonchev–Trinajstić information content (AvgIpc) is 2.62. The quantitative estimate of drug-likeness (QED) is 0.674. The first kappa shape index (κ1) is 17.7. The Hall–Kier alpha value is -2.10. The molecular weight excluding hydrogens is 332 g/mol. The molecule has 3 nitrogen and oxygen atoms in total. The zero-order chi connectivity index (χ0) is 17.8. The maximum atomic E-state index is 10.2. The Kier molecular flexibility index (Phi) is 5.57. The fourth-order valence-electron chi connectivity index (χ4n) is 3.12. The minimum absolute atomic E-state index is 0.363. The van der Waals surface area contributed by atoms with E-state index in [2.05, 4.69) is 29.8 Å². The number of pyridine rings is 1. The van der Waals surface area contributed by atoms with Crippen LogP contribution in [0.2, 0.25) is 5.02 Å². The first-order valence-corrected chi connectivity index (χ1v) is 9.04. The normalized spacial score (nSPS) is 11.4. The Morgan fingerprint density at radius 1 is 1.00 bits per heavy atom. The molecule has 0 atom stereocenters. The highest BCUT2D eigenvalue weighted by Crippen LogP contribution is 2.25. The topological polar surface area (TPSA) is 36.4 Å². The van der Waals surface area contributed by atoms with E-state index < -0.39 is 0 Å². The lowest BCUT2D eigenvalue weighted by atomic mass is 9.99. The zero-order valence-corrected chi connectivity index (χ0v) is 15.4. The van der Waals surface area contributed by atoms with Gasteiger partial charge in [-0.1, -0.05) is 43.6 Å². The van der Waals surface area contributed by atoms with Crippen molar-refractivity contribution < 1.29 is 5.11 Å². The molecule has 25 heavy (non-hydrogen) atoms. The lowest BCUT2D eigenvalue weighted by molar-refractivity contribution is 0.290. The molecule has 0 aliphatic carbocycles. The van der Waals surface area contributed by atoms with Crippen molar-refractivity contribution in [1.82, 2.24) is 9.88 Å². The van der Waals surface area contributed by atoms with E-state index in [4.69, 9.17) is 11.6 Å². The van der Waals surface area contributed by atoms with E-state index >= 15 is 0 Å². The van der Waals surface area contributed by atoms with Gasteiger partial charge < -0.3 is 5.11 Å². The summed E-state index contributed by atoms with van der Waals surface area (Å²) in [5, 5.41) is 12.0. The van der Waals surface area contributed by atoms with E-state index in [1.807, 2.05) is 36.5 Å². The molecule has 0 saturated carbocycles. The van der Waals surface area contributed by atoms with Crippen molar-refractivity contribution in [3.63, 3.8) is 0 Å². The Balaban J connectivity index is 1.91. The van der Waals surface area contributed by atoms with Gasteiger partial charge >= 0.3 is 0 Å². The molecule has 0 bridgehead atoms. The summed E-state index contributed by atoms with van der Waals surface area (Å²) < 4.78 is 0. The van der Waals surface area contributed by atoms with Crippen LogP contribution in [0.4, 0.5) is 0 Å². The first-order valence-electron chi connectivity index (χ1n) is 8.67. The number of hydrogen-bond donors (Lipinski definition) is 1. The van der Waals surface area contributed by atoms with E-state index in [0.29, 0.717) is 10.8 Å². The van der Waals surface area contributed by atoms with Crippen LogP contribution in [0.1, 0.15) is 30.5 Å². The maximum Gasteiger partial charge on any atom is 0.120 e. The predicted molar refractivity (Wildman–Crippen MR) is 104 cm³/mol. The first-order chi connectivity index (χ1) is 12.1. The fraction of sp³-hybridized carbons (Fsp3) is 0.286. The molecule has 0 aliphatic rings. The zero-order valence-electron chi connectivity index (χ0n) is 14.7. The van der Waals surface area contributed by atoms with E-state index in [1.165, 1.54) is 11.1 Å². The minimum atomic E-state index is 0.363. The van der Waals surface area contributed by atoms with Crippen molar-refractivity contribution in [2.24, 2.45) is 0 Å². The summed E-state index contributed by atoms with van der Waals surface area (Å²) in [5.74, 6) is 0.363. The molecule has 3 rings (SSSR count). The molecule has 0 amide bonds. The molecule has 4 heteroatoms. The molecule has 130 valence electrons. The van der Waals surface area contributed by atoms with Crippen molar-refractivity contribution in [1.29, 1.82) is 0 Å². The summed E-state index contributed by atoms with van der Waals surface area (Å²) in [6.07, 6.45) is 2.62. The van der Waals surface area contributed by atoms with Gasteiger partial charge in [0.2, 0.25) is 0 Å². The monoisotopic (exact) mass is 354 g/mol. The molecule has 0 aliphatic heterocycles. The van der Waals surface area contributed by atoms with E-state index in [-0.39, 0.29) is 0 Å². The number of fused-ring (bicyclic) bond motifs is 1. The maximum absolute atomic E-state index is 10.2. The van der Waals surface area contributed by atoms with Crippen LogP contribution < -0.4 is 0 Å². The van der Waals surface area contributed by atoms with Gasteiger partial charge in [-0.2, -0.15) is 0 Å². The highest BCUT2D eigenvalue weighted by atomic mass is 35.5. The molecule has 2 aromatic carbocycles. The second kappa shape index (κ2) is 7.85. The molecule has 0 unspecified atom stereocenters. The minimum Gasteiger partial charge on any atom is -0.508 e. The van der Waals surface area contributed by atoms with E-state index in [1.54, 1.807) is 6.07 Å². The van der Waals surface area contributed by atoms with Gasteiger partial charge in [0, 0.05) is 28.7 Å². The second-order valence-corrected chi connectivity index (χ2v) is 6.67. The van der Waals surface area contributed by atoms with Crippen LogP contribution in [0, 0.1) is 0 Å². The third-order valence-electron chi connectivity index (χ3n) is 4.62. The summed E-state index contributed by atoms with van der Waals surface area (Å²) in [7, 11) is 0. The lowest BCUT2D eigenvalue weighted by Gasteiger charge is -2.19. The van der Waals surface area contributed by atoms with Crippen molar-refractivity contribution in [2.75, 3.05) is 13.1 Å². The molecule has 0 saturated heterocycles. The SMILES string of the molecule is CCN(CC)Cc1cc(Cc2ccnc3cc(Cl)ccc23)ccc1O. The second-order valence-electron chi connectivity index (χ2n) is 6.23. The summed E-state index contributed by atoms with van der Waals surface area (Å²) in [6.45, 7) is 6.97. The van der Waals surface area contributed by atoms with E-state index in [9.17, 15) is 5.11 Å². The highest BCUT2D eigenvalue weighted by molar-refractivity contribution is 6.31. The molecule has 0 fully saturated rings. The van der Waals surface area contributed by atoms with Gasteiger partial charge in [0.15, 0.2) is 0 Å². The predicted octanol–water partition coefficient (Wildman–Crippen LogP) is 5.03. The fourth-order valence-corrected chi connectivity index (χ4v) is 3.28. The Labute approximate surface area is 153 Å². The number of benzene rings is 2. The van der Waals surface area contributed by atoms with Gasteiger partial charge in [-0.3, -0.25) is 9.88 Å². The van der Waals surface area contributed by atoms with Gasteiger partial charge in [0.05, 0.1) is 5.52 Å². The van der Waals surface area contributed by atoms with Gasteiger partial charge in [0.25, 0.3) is 0 Å². The Bertz CT molecular complexity index is 875. The summed E-state index contributed by atoms with van der Waals surface area (Å²) in [5.41, 5.74) is 4.28. The highest BCUT2D eigenvalue weighted by Gasteiger charge is 2.09. The standard InChI is InChI=1S/C21H23ClN2O/c1-3-24(4-2)14-17-12-15(5-8-21(17)25)11-16-9-10-23-20-13-18(22)6-7-19(16)20/h5-10,12-13,25H,3-4,11,14H2,1-2H3. The van der Waals surface area contributed by atoms with Crippen LogP contribution in [-0.2, 0) is 13.0 Å². The van der Waals surface area contributed by atoms with Crippen molar-refractivity contribution >= 4 is 22.5 Å². The number of halogens is 1. The van der Waals surface area contributed by atoms with Crippen LogP contribution >= 0.6 is 11.6 Å². The molecule has 1 heterocycles. The molecule has 3 aromatic rings. The largest absolute Gasteiger partial charge is 0.508 e. The van der Waals surface area contributed by atoms with Crippen molar-refractivity contribution in [2.45, 2.75) is 26.8 Å². The van der Waals surface area contributed by atoms with Crippen molar-refractivity contribution in [3.8, 4) is 5.75 Å². The Morgan fingerprint density at radius 3 is 2.56 bits per heavy atom. The van der Waals surface area contributed by atoms with Gasteiger partial charge in [-0.25, -0.2) is 0 Å². The van der Waals surface area contributed by atoms with Crippen molar-refractivity contribution in [3.05, 3.63) is 70.4 Å². The number of aromatic hydroxyl groups is 1. The van der Waals surface area contributed by atoms with Crippen LogP contribution in [0.3, 0.4) is 0 Å². The smallest absolute Gasteiger partial charge is 0.120 e. The summed E-state index contributed by atoms with van der Waals surface area (Å²) >= 11 is 6.07. The third kappa shape index (κ3) is 4.12. The number of nitrogens with zero attached hydrogens (tertiary/aromatic N) is 2. The number of hydrogen-bond acceptors (Lipinski definition) is 3. The van der Waals surface area contributed by atoms with Crippen LogP contribution in [0.25, 0.3) is 10.9 Å². The van der Waals surface area contributed by atoms with Gasteiger partial charge in [-0.05, 0) is 54.9 Å². The van der Waals surface area contributed by atoms with Crippen LogP contribution in [0.15, 0.2) is 48.7 Å². The lowest BCUT2D eigenvalue weighted by Crippen LogP contribution is -2.22. The molecule has 0 spiro atoms. The summed E-state index contributed by atoms with van der Waals surface area (Å²) in [6, 6.07) is 13.8. The molecule has 1 N–H and O–H groups in total. The summed E-state index contributed by atoms with van der Waals surface area (Å²) in [4.78, 5) is 6.70. The average molecular weight is 355 g/mol. The number of aromatic nitrogens is 1. The van der Waals surface area contributed by atoms with Crippen LogP contribution in [-0.4, -0.2) is 28.1 Å². The van der Waals surface area contributed by atoms with E-state index in [0.717, 1.165) is 42.5 Å². The van der Waals surface area contributed by atoms with Crippen LogP contribution in [0.5, 0.6) is 5.75 Å². The van der Waals surface area contributed by atoms with Gasteiger partial charge in [-0.15, -0.1) is 0 Å². The molecular formula is C21H23ClN2O. The number of rotatable bonds is 6. The number of phenolic OH excluding ortho intramolecular Hbond substituents is 1. The molecule has 0 radical (unpaired) electrons. The van der Waals surface area contributed by atoms with Gasteiger partial charge in [0.1, 0.15) is 5.75 Å². The number of phenols is 1. The Morgan fingerprint density at radius 2 is 1.80 bits per heavy atom.